The first-order valence-electron chi connectivity index (χ1n) is 3.29. The van der Waals surface area contributed by atoms with Gasteiger partial charge in [-0.15, -0.1) is 0 Å². The predicted octanol–water partition coefficient (Wildman–Crippen LogP) is -0.883. The zero-order valence-corrected chi connectivity index (χ0v) is 7.45. The monoisotopic (exact) mass is 184 g/mol. The van der Waals surface area contributed by atoms with Crippen molar-refractivity contribution in [3.63, 3.8) is 0 Å². The topological polar surface area (TPSA) is 58.9 Å². The normalized spacial score (nSPS) is 9.27. The van der Waals surface area contributed by atoms with Gasteiger partial charge in [-0.3, -0.25) is 0 Å². The highest BCUT2D eigenvalue weighted by atomic mass is 32.1. The van der Waals surface area contributed by atoms with Crippen molar-refractivity contribution in [1.29, 1.82) is 0 Å². The second kappa shape index (κ2) is 12.8. The van der Waals surface area contributed by atoms with Crippen LogP contribution in [0.15, 0.2) is 0 Å². The molecule has 0 atom stereocenters. The Labute approximate surface area is 73.6 Å². The fourth-order valence-electron chi connectivity index (χ4n) is 0.451. The molecule has 4 nitrogen and oxygen atoms in total. The van der Waals surface area contributed by atoms with Crippen molar-refractivity contribution < 1.29 is 19.7 Å². The summed E-state index contributed by atoms with van der Waals surface area (Å²) in [7, 11) is 0. The maximum atomic E-state index is 8.26. The molecule has 0 aliphatic heterocycles. The van der Waals surface area contributed by atoms with E-state index in [-0.39, 0.29) is 26.7 Å². The second-order valence-corrected chi connectivity index (χ2v) is 1.67. The Morgan fingerprint density at radius 3 is 1.36 bits per heavy atom. The third kappa shape index (κ3) is 13.2. The van der Waals surface area contributed by atoms with Crippen LogP contribution in [0.25, 0.3) is 0 Å². The van der Waals surface area contributed by atoms with Crippen LogP contribution in [0.2, 0.25) is 0 Å². The van der Waals surface area contributed by atoms with Gasteiger partial charge in [0, 0.05) is 0 Å². The molecule has 0 aliphatic carbocycles. The Hall–Kier alpha value is 0.190. The molecule has 0 aliphatic rings. The lowest BCUT2D eigenvalue weighted by Crippen LogP contribution is -2.09. The average molecular weight is 184 g/mol. The Kier molecular flexibility index (Phi) is 16.0. The van der Waals surface area contributed by atoms with Crippen molar-refractivity contribution >= 4 is 13.5 Å². The first-order chi connectivity index (χ1) is 4.91. The van der Waals surface area contributed by atoms with Crippen molar-refractivity contribution in [3.8, 4) is 0 Å². The maximum absolute atomic E-state index is 8.26. The average Bonchev–Trinajstić information content (AvgIpc) is 1.97. The number of ether oxygens (including phenoxy) is 2. The van der Waals surface area contributed by atoms with E-state index in [9.17, 15) is 0 Å². The number of hydrogen-bond acceptors (Lipinski definition) is 4. The molecular formula is C6H16O4S. The molecule has 2 N–H and O–H groups in total. The molecule has 0 saturated carbocycles. The lowest BCUT2D eigenvalue weighted by Gasteiger charge is -2.01. The Bertz CT molecular complexity index is 54.5. The molecule has 0 spiro atoms. The molecular weight excluding hydrogens is 168 g/mol. The SMILES string of the molecule is OCCOCCOCCO.S. The smallest absolute Gasteiger partial charge is 0.0701 e. The molecule has 5 heteroatoms. The van der Waals surface area contributed by atoms with E-state index < -0.39 is 0 Å². The van der Waals surface area contributed by atoms with E-state index in [2.05, 4.69) is 0 Å². The molecule has 0 radical (unpaired) electrons. The van der Waals surface area contributed by atoms with Gasteiger partial charge in [-0.2, -0.15) is 13.5 Å². The van der Waals surface area contributed by atoms with E-state index in [0.717, 1.165) is 0 Å². The third-order valence-corrected chi connectivity index (χ3v) is 0.843. The minimum Gasteiger partial charge on any atom is -0.394 e. The molecule has 0 aromatic heterocycles. The summed E-state index contributed by atoms with van der Waals surface area (Å²) in [6.45, 7) is 1.73. The summed E-state index contributed by atoms with van der Waals surface area (Å²) < 4.78 is 9.75. The summed E-state index contributed by atoms with van der Waals surface area (Å²) >= 11 is 0. The van der Waals surface area contributed by atoms with Crippen molar-refractivity contribution in [1.82, 2.24) is 0 Å². The highest BCUT2D eigenvalue weighted by Gasteiger charge is 1.86. The zero-order chi connectivity index (χ0) is 7.66. The van der Waals surface area contributed by atoms with E-state index in [1.54, 1.807) is 0 Å². The van der Waals surface area contributed by atoms with E-state index >= 15 is 0 Å². The van der Waals surface area contributed by atoms with Gasteiger partial charge in [-0.05, 0) is 0 Å². The standard InChI is InChI=1S/C6H14O4.H2S/c7-1-3-9-5-6-10-4-2-8;/h7-8H,1-6H2;1H2. The largest absolute Gasteiger partial charge is 0.394 e. The molecule has 0 aromatic carbocycles. The van der Waals surface area contributed by atoms with Crippen LogP contribution >= 0.6 is 13.5 Å². The minimum absolute atomic E-state index is 0. The molecule has 0 amide bonds. The summed E-state index contributed by atoms with van der Waals surface area (Å²) in [4.78, 5) is 0. The highest BCUT2D eigenvalue weighted by molar-refractivity contribution is 7.59. The molecule has 0 bridgehead atoms. The van der Waals surface area contributed by atoms with Gasteiger partial charge in [0.15, 0.2) is 0 Å². The molecule has 70 valence electrons. The van der Waals surface area contributed by atoms with Gasteiger partial charge >= 0.3 is 0 Å². The van der Waals surface area contributed by atoms with Crippen LogP contribution in [0.3, 0.4) is 0 Å². The van der Waals surface area contributed by atoms with Crippen LogP contribution in [0.5, 0.6) is 0 Å². The molecule has 0 rings (SSSR count). The lowest BCUT2D eigenvalue weighted by molar-refractivity contribution is 0.0222. The van der Waals surface area contributed by atoms with Gasteiger partial charge in [0.05, 0.1) is 39.6 Å². The molecule has 0 unspecified atom stereocenters. The minimum atomic E-state index is 0. The van der Waals surface area contributed by atoms with Crippen LogP contribution < -0.4 is 0 Å². The summed E-state index contributed by atoms with van der Waals surface area (Å²) in [5.41, 5.74) is 0. The molecule has 0 aromatic rings. The van der Waals surface area contributed by atoms with E-state index in [0.29, 0.717) is 26.4 Å². The predicted molar refractivity (Wildman–Crippen MR) is 46.2 cm³/mol. The zero-order valence-electron chi connectivity index (χ0n) is 6.45. The van der Waals surface area contributed by atoms with Crippen LogP contribution in [0.1, 0.15) is 0 Å². The lowest BCUT2D eigenvalue weighted by atomic mass is 10.7. The van der Waals surface area contributed by atoms with E-state index in [1.807, 2.05) is 0 Å². The second-order valence-electron chi connectivity index (χ2n) is 1.67. The summed E-state index contributed by atoms with van der Waals surface area (Å²) in [5, 5.41) is 16.5. The number of aliphatic hydroxyl groups is 2. The van der Waals surface area contributed by atoms with Gasteiger partial charge in [0.25, 0.3) is 0 Å². The molecule has 0 fully saturated rings. The summed E-state index contributed by atoms with van der Waals surface area (Å²) in [6, 6.07) is 0. The van der Waals surface area contributed by atoms with Gasteiger partial charge in [0.1, 0.15) is 0 Å². The molecule has 11 heavy (non-hydrogen) atoms. The first kappa shape index (κ1) is 13.8. The summed E-state index contributed by atoms with van der Waals surface area (Å²) in [5.74, 6) is 0. The quantitative estimate of drug-likeness (QED) is 0.504. The fraction of sp³-hybridized carbons (Fsp3) is 1.00. The van der Waals surface area contributed by atoms with Gasteiger partial charge in [-0.1, -0.05) is 0 Å². The van der Waals surface area contributed by atoms with Crippen LogP contribution in [-0.2, 0) is 9.47 Å². The van der Waals surface area contributed by atoms with Gasteiger partial charge in [-0.25, -0.2) is 0 Å². The van der Waals surface area contributed by atoms with Crippen molar-refractivity contribution in [2.75, 3.05) is 39.6 Å². The Morgan fingerprint density at radius 1 is 0.727 bits per heavy atom. The first-order valence-corrected chi connectivity index (χ1v) is 3.29. The van der Waals surface area contributed by atoms with Crippen LogP contribution in [-0.4, -0.2) is 49.9 Å². The maximum Gasteiger partial charge on any atom is 0.0701 e. The van der Waals surface area contributed by atoms with Crippen molar-refractivity contribution in [3.05, 3.63) is 0 Å². The van der Waals surface area contributed by atoms with Gasteiger partial charge < -0.3 is 19.7 Å². The molecule has 0 heterocycles. The summed E-state index contributed by atoms with van der Waals surface area (Å²) in [6.07, 6.45) is 0. The number of aliphatic hydroxyl groups excluding tert-OH is 2. The molecule has 0 saturated heterocycles. The van der Waals surface area contributed by atoms with Crippen LogP contribution in [0, 0.1) is 0 Å². The van der Waals surface area contributed by atoms with Crippen molar-refractivity contribution in [2.45, 2.75) is 0 Å². The van der Waals surface area contributed by atoms with E-state index in [4.69, 9.17) is 19.7 Å². The fourth-order valence-corrected chi connectivity index (χ4v) is 0.451. The Morgan fingerprint density at radius 2 is 1.09 bits per heavy atom. The van der Waals surface area contributed by atoms with E-state index in [1.165, 1.54) is 0 Å². The van der Waals surface area contributed by atoms with Crippen LogP contribution in [0.4, 0.5) is 0 Å². The van der Waals surface area contributed by atoms with Crippen molar-refractivity contribution in [2.24, 2.45) is 0 Å². The third-order valence-electron chi connectivity index (χ3n) is 0.843. The number of rotatable bonds is 7. The highest BCUT2D eigenvalue weighted by Crippen LogP contribution is 1.76. The van der Waals surface area contributed by atoms with Gasteiger partial charge in [0.2, 0.25) is 0 Å². The number of hydrogen-bond donors (Lipinski definition) is 2. The Balaban J connectivity index is 0.